The third-order valence-corrected chi connectivity index (χ3v) is 3.16. The van der Waals surface area contributed by atoms with Crippen molar-refractivity contribution in [1.82, 2.24) is 0 Å². The average Bonchev–Trinajstić information content (AvgIpc) is 2.27. The molecule has 4 heteroatoms. The highest BCUT2D eigenvalue weighted by molar-refractivity contribution is 5.86. The number of rotatable bonds is 2. The Labute approximate surface area is 95.2 Å². The van der Waals surface area contributed by atoms with Gasteiger partial charge >= 0.3 is 0 Å². The van der Waals surface area contributed by atoms with Crippen molar-refractivity contribution >= 4 is 17.3 Å². The molecule has 1 aromatic carbocycles. The molecule has 2 rings (SSSR count). The first-order chi connectivity index (χ1) is 7.61. The van der Waals surface area contributed by atoms with Crippen molar-refractivity contribution in [3.8, 4) is 0 Å². The highest BCUT2D eigenvalue weighted by Gasteiger charge is 2.25. The molecule has 16 heavy (non-hydrogen) atoms. The largest absolute Gasteiger partial charge is 0.397 e. The summed E-state index contributed by atoms with van der Waals surface area (Å²) >= 11 is 0. The number of amides is 1. The van der Waals surface area contributed by atoms with E-state index in [2.05, 4.69) is 6.07 Å². The minimum absolute atomic E-state index is 0.302. The minimum Gasteiger partial charge on any atom is -0.397 e. The number of primary amides is 1. The number of para-hydroxylation sites is 1. The summed E-state index contributed by atoms with van der Waals surface area (Å²) in [6.07, 6.45) is 2.05. The molecular formula is C12H17N3O. The first kappa shape index (κ1) is 10.8. The number of nitrogens with zero attached hydrogens (tertiary/aromatic N) is 1. The molecule has 1 unspecified atom stereocenters. The number of hydrogen-bond acceptors (Lipinski definition) is 3. The molecule has 1 atom stereocenters. The highest BCUT2D eigenvalue weighted by Crippen LogP contribution is 2.33. The monoisotopic (exact) mass is 219 g/mol. The number of hydrogen-bond donors (Lipinski definition) is 2. The van der Waals surface area contributed by atoms with Gasteiger partial charge in [-0.1, -0.05) is 12.1 Å². The molecule has 0 fully saturated rings. The van der Waals surface area contributed by atoms with Gasteiger partial charge in [0.05, 0.1) is 11.4 Å². The lowest BCUT2D eigenvalue weighted by Crippen LogP contribution is -2.45. The quantitative estimate of drug-likeness (QED) is 0.726. The zero-order valence-electron chi connectivity index (χ0n) is 9.44. The Morgan fingerprint density at radius 1 is 1.50 bits per heavy atom. The first-order valence-corrected chi connectivity index (χ1v) is 5.54. The van der Waals surface area contributed by atoms with E-state index >= 15 is 0 Å². The van der Waals surface area contributed by atoms with E-state index in [9.17, 15) is 4.79 Å². The van der Waals surface area contributed by atoms with Gasteiger partial charge in [-0.2, -0.15) is 0 Å². The van der Waals surface area contributed by atoms with E-state index in [0.29, 0.717) is 0 Å². The first-order valence-electron chi connectivity index (χ1n) is 5.54. The Kier molecular flexibility index (Phi) is 2.73. The molecule has 4 N–H and O–H groups in total. The van der Waals surface area contributed by atoms with E-state index in [1.807, 2.05) is 24.0 Å². The number of aryl methyl sites for hydroxylation is 1. The second-order valence-electron chi connectivity index (χ2n) is 4.23. The molecule has 1 amide bonds. The van der Waals surface area contributed by atoms with Gasteiger partial charge in [0.1, 0.15) is 6.04 Å². The zero-order chi connectivity index (χ0) is 11.7. The molecule has 0 saturated heterocycles. The zero-order valence-corrected chi connectivity index (χ0v) is 9.44. The van der Waals surface area contributed by atoms with Crippen molar-refractivity contribution in [2.45, 2.75) is 25.8 Å². The van der Waals surface area contributed by atoms with Crippen LogP contribution in [0, 0.1) is 0 Å². The van der Waals surface area contributed by atoms with Crippen molar-refractivity contribution in [3.05, 3.63) is 23.8 Å². The molecule has 86 valence electrons. The summed E-state index contributed by atoms with van der Waals surface area (Å²) in [5.41, 5.74) is 14.2. The molecule has 1 aromatic rings. The smallest absolute Gasteiger partial charge is 0.239 e. The van der Waals surface area contributed by atoms with Crippen molar-refractivity contribution in [2.24, 2.45) is 5.73 Å². The Morgan fingerprint density at radius 3 is 2.94 bits per heavy atom. The van der Waals surface area contributed by atoms with Crippen LogP contribution in [0.5, 0.6) is 0 Å². The highest BCUT2D eigenvalue weighted by atomic mass is 16.1. The summed E-state index contributed by atoms with van der Waals surface area (Å²) in [6.45, 7) is 2.66. The predicted octanol–water partition coefficient (Wildman–Crippen LogP) is 0.895. The lowest BCUT2D eigenvalue weighted by molar-refractivity contribution is -0.119. The summed E-state index contributed by atoms with van der Waals surface area (Å²) in [7, 11) is 0. The van der Waals surface area contributed by atoms with Gasteiger partial charge in [0.15, 0.2) is 0 Å². The van der Waals surface area contributed by atoms with Gasteiger partial charge in [-0.3, -0.25) is 4.79 Å². The number of benzene rings is 1. The average molecular weight is 219 g/mol. The third-order valence-electron chi connectivity index (χ3n) is 3.16. The Bertz CT molecular complexity index is 417. The van der Waals surface area contributed by atoms with Gasteiger partial charge in [0.25, 0.3) is 0 Å². The molecule has 0 saturated carbocycles. The molecule has 0 bridgehead atoms. The third kappa shape index (κ3) is 1.71. The Morgan fingerprint density at radius 2 is 2.25 bits per heavy atom. The molecule has 1 aliphatic heterocycles. The van der Waals surface area contributed by atoms with Gasteiger partial charge < -0.3 is 16.4 Å². The van der Waals surface area contributed by atoms with E-state index < -0.39 is 0 Å². The van der Waals surface area contributed by atoms with Gasteiger partial charge in [0.2, 0.25) is 5.91 Å². The molecule has 1 heterocycles. The van der Waals surface area contributed by atoms with Crippen molar-refractivity contribution in [2.75, 3.05) is 17.2 Å². The number of fused-ring (bicyclic) bond motifs is 1. The standard InChI is InChI=1S/C12H17N3O/c1-8(12(14)16)15-7-3-5-9-4-2-6-10(13)11(9)15/h2,4,6,8H,3,5,7,13H2,1H3,(H2,14,16). The van der Waals surface area contributed by atoms with Gasteiger partial charge in [-0.15, -0.1) is 0 Å². The molecule has 4 nitrogen and oxygen atoms in total. The number of carbonyl (C=O) groups excluding carboxylic acids is 1. The maximum absolute atomic E-state index is 11.3. The Balaban J connectivity index is 2.43. The van der Waals surface area contributed by atoms with Crippen molar-refractivity contribution in [3.63, 3.8) is 0 Å². The summed E-state index contributed by atoms with van der Waals surface area (Å²) < 4.78 is 0. The second-order valence-corrected chi connectivity index (χ2v) is 4.23. The summed E-state index contributed by atoms with van der Waals surface area (Å²) in [5, 5.41) is 0. The fraction of sp³-hybridized carbons (Fsp3) is 0.417. The maximum atomic E-state index is 11.3. The van der Waals surface area contributed by atoms with Crippen LogP contribution in [0.3, 0.4) is 0 Å². The van der Waals surface area contributed by atoms with E-state index in [0.717, 1.165) is 30.8 Å². The lowest BCUT2D eigenvalue weighted by atomic mass is 9.99. The molecule has 0 aliphatic carbocycles. The van der Waals surface area contributed by atoms with Crippen LogP contribution < -0.4 is 16.4 Å². The summed E-state index contributed by atoms with van der Waals surface area (Å²) in [4.78, 5) is 13.3. The van der Waals surface area contributed by atoms with Crippen LogP contribution in [0.2, 0.25) is 0 Å². The van der Waals surface area contributed by atoms with E-state index in [1.165, 1.54) is 5.56 Å². The summed E-state index contributed by atoms with van der Waals surface area (Å²) in [5.74, 6) is -0.309. The fourth-order valence-corrected chi connectivity index (χ4v) is 2.26. The van der Waals surface area contributed by atoms with Crippen LogP contribution in [0.4, 0.5) is 11.4 Å². The van der Waals surface area contributed by atoms with Gasteiger partial charge in [-0.05, 0) is 31.4 Å². The van der Waals surface area contributed by atoms with Gasteiger partial charge in [0, 0.05) is 6.54 Å². The topological polar surface area (TPSA) is 72.4 Å². The lowest BCUT2D eigenvalue weighted by Gasteiger charge is -2.35. The maximum Gasteiger partial charge on any atom is 0.239 e. The van der Waals surface area contributed by atoms with Gasteiger partial charge in [-0.25, -0.2) is 0 Å². The van der Waals surface area contributed by atoms with Crippen LogP contribution >= 0.6 is 0 Å². The van der Waals surface area contributed by atoms with Crippen LogP contribution in [-0.2, 0) is 11.2 Å². The second kappa shape index (κ2) is 4.04. The van der Waals surface area contributed by atoms with Crippen molar-refractivity contribution < 1.29 is 4.79 Å². The normalized spacial score (nSPS) is 16.7. The number of carbonyl (C=O) groups is 1. The Hall–Kier alpha value is -1.71. The van der Waals surface area contributed by atoms with Crippen LogP contribution in [0.15, 0.2) is 18.2 Å². The van der Waals surface area contributed by atoms with E-state index in [4.69, 9.17) is 11.5 Å². The SMILES string of the molecule is CC(C(N)=O)N1CCCc2cccc(N)c21. The predicted molar refractivity (Wildman–Crippen MR) is 65.2 cm³/mol. The van der Waals surface area contributed by atoms with E-state index in [1.54, 1.807) is 0 Å². The van der Waals surface area contributed by atoms with Crippen LogP contribution in [-0.4, -0.2) is 18.5 Å². The molecular weight excluding hydrogens is 202 g/mol. The molecule has 0 spiro atoms. The van der Waals surface area contributed by atoms with Crippen molar-refractivity contribution in [1.29, 1.82) is 0 Å². The molecule has 1 aliphatic rings. The van der Waals surface area contributed by atoms with Crippen LogP contribution in [0.1, 0.15) is 18.9 Å². The van der Waals surface area contributed by atoms with E-state index in [-0.39, 0.29) is 11.9 Å². The molecule has 0 aromatic heterocycles. The fourth-order valence-electron chi connectivity index (χ4n) is 2.26. The number of nitrogens with two attached hydrogens (primary N) is 2. The molecule has 0 radical (unpaired) electrons. The number of anilines is 2. The van der Waals surface area contributed by atoms with Crippen LogP contribution in [0.25, 0.3) is 0 Å². The minimum atomic E-state index is -0.309. The summed E-state index contributed by atoms with van der Waals surface area (Å²) in [6, 6.07) is 5.58. The number of nitrogen functional groups attached to an aromatic ring is 1.